The number of hydrogen-bond donors (Lipinski definition) is 1. The lowest BCUT2D eigenvalue weighted by Gasteiger charge is -2.12. The number of nitrogens with zero attached hydrogens (tertiary/aromatic N) is 2. The molecule has 0 spiro atoms. The first kappa shape index (κ1) is 13.3. The van der Waals surface area contributed by atoms with Gasteiger partial charge in [0.05, 0.1) is 5.69 Å². The molecule has 1 N–H and O–H groups in total. The van der Waals surface area contributed by atoms with Crippen molar-refractivity contribution in [2.24, 2.45) is 7.05 Å². The molecule has 0 radical (unpaired) electrons. The Morgan fingerprint density at radius 2 is 2.22 bits per heavy atom. The number of sulfonamides is 1. The highest BCUT2D eigenvalue weighted by molar-refractivity contribution is 7.91. The SMILES string of the molecule is Cc1nn(C)cc1C(C)NS(=O)(=O)c1cccs1. The van der Waals surface area contributed by atoms with Gasteiger partial charge in [-0.15, -0.1) is 11.3 Å². The van der Waals surface area contributed by atoms with Crippen LogP contribution in [0.25, 0.3) is 0 Å². The molecule has 0 fully saturated rings. The third kappa shape index (κ3) is 2.63. The van der Waals surface area contributed by atoms with Crippen LogP contribution in [-0.4, -0.2) is 18.2 Å². The van der Waals surface area contributed by atoms with Gasteiger partial charge in [-0.3, -0.25) is 4.68 Å². The number of hydrogen-bond acceptors (Lipinski definition) is 4. The number of aryl methyl sites for hydroxylation is 2. The number of aromatic nitrogens is 2. The van der Waals surface area contributed by atoms with Crippen LogP contribution in [0.5, 0.6) is 0 Å². The Hall–Kier alpha value is -1.18. The van der Waals surface area contributed by atoms with E-state index in [1.165, 1.54) is 11.3 Å². The second-order valence-corrected chi connectivity index (χ2v) is 7.01. The zero-order valence-corrected chi connectivity index (χ0v) is 12.0. The largest absolute Gasteiger partial charge is 0.275 e. The van der Waals surface area contributed by atoms with E-state index in [2.05, 4.69) is 9.82 Å². The Bertz CT molecular complexity index is 629. The fourth-order valence-corrected chi connectivity index (χ4v) is 4.05. The van der Waals surface area contributed by atoms with Crippen molar-refractivity contribution in [2.45, 2.75) is 24.1 Å². The smallest absolute Gasteiger partial charge is 0.250 e. The van der Waals surface area contributed by atoms with Gasteiger partial charge in [0.25, 0.3) is 10.0 Å². The van der Waals surface area contributed by atoms with Gasteiger partial charge in [0, 0.05) is 24.8 Å². The Morgan fingerprint density at radius 1 is 1.50 bits per heavy atom. The highest BCUT2D eigenvalue weighted by atomic mass is 32.2. The fourth-order valence-electron chi connectivity index (χ4n) is 1.81. The standard InChI is InChI=1S/C11H15N3O2S2/c1-8-10(7-14(3)12-8)9(2)13-18(15,16)11-5-4-6-17-11/h4-7,9,13H,1-3H3. The molecule has 0 saturated carbocycles. The Balaban J connectivity index is 2.22. The summed E-state index contributed by atoms with van der Waals surface area (Å²) >= 11 is 1.21. The topological polar surface area (TPSA) is 64.0 Å². The summed E-state index contributed by atoms with van der Waals surface area (Å²) in [5.74, 6) is 0. The number of rotatable bonds is 4. The van der Waals surface area contributed by atoms with Gasteiger partial charge in [-0.1, -0.05) is 6.07 Å². The molecule has 0 aliphatic carbocycles. The summed E-state index contributed by atoms with van der Waals surface area (Å²) in [6, 6.07) is 3.01. The Labute approximate surface area is 111 Å². The lowest BCUT2D eigenvalue weighted by atomic mass is 10.1. The van der Waals surface area contributed by atoms with E-state index in [0.717, 1.165) is 11.3 Å². The predicted molar refractivity (Wildman–Crippen MR) is 71.0 cm³/mol. The summed E-state index contributed by atoms with van der Waals surface area (Å²) in [7, 11) is -1.62. The van der Waals surface area contributed by atoms with E-state index in [0.29, 0.717) is 4.21 Å². The summed E-state index contributed by atoms with van der Waals surface area (Å²) < 4.78 is 28.8. The zero-order valence-electron chi connectivity index (χ0n) is 10.4. The van der Waals surface area contributed by atoms with Crippen molar-refractivity contribution >= 4 is 21.4 Å². The monoisotopic (exact) mass is 285 g/mol. The van der Waals surface area contributed by atoms with Gasteiger partial charge in [-0.05, 0) is 25.3 Å². The average molecular weight is 285 g/mol. The van der Waals surface area contributed by atoms with Crippen molar-refractivity contribution in [1.82, 2.24) is 14.5 Å². The van der Waals surface area contributed by atoms with Crippen LogP contribution in [0.15, 0.2) is 27.9 Å². The van der Waals surface area contributed by atoms with Crippen molar-refractivity contribution in [3.8, 4) is 0 Å². The van der Waals surface area contributed by atoms with Crippen LogP contribution in [-0.2, 0) is 17.1 Å². The number of thiophene rings is 1. The first-order chi connectivity index (χ1) is 8.40. The molecule has 1 unspecified atom stereocenters. The van der Waals surface area contributed by atoms with Crippen LogP contribution in [0.3, 0.4) is 0 Å². The van der Waals surface area contributed by atoms with E-state index >= 15 is 0 Å². The van der Waals surface area contributed by atoms with Gasteiger partial charge in [0.2, 0.25) is 0 Å². The van der Waals surface area contributed by atoms with E-state index in [-0.39, 0.29) is 6.04 Å². The third-order valence-corrected chi connectivity index (χ3v) is 5.55. The van der Waals surface area contributed by atoms with Crippen LogP contribution in [0.4, 0.5) is 0 Å². The lowest BCUT2D eigenvalue weighted by molar-refractivity contribution is 0.568. The minimum absolute atomic E-state index is 0.300. The van der Waals surface area contributed by atoms with E-state index in [4.69, 9.17) is 0 Å². The molecular formula is C11H15N3O2S2. The van der Waals surface area contributed by atoms with E-state index in [1.54, 1.807) is 22.2 Å². The highest BCUT2D eigenvalue weighted by Gasteiger charge is 2.21. The van der Waals surface area contributed by atoms with Crippen molar-refractivity contribution in [3.63, 3.8) is 0 Å². The van der Waals surface area contributed by atoms with E-state index < -0.39 is 10.0 Å². The van der Waals surface area contributed by atoms with Crippen molar-refractivity contribution in [1.29, 1.82) is 0 Å². The first-order valence-corrected chi connectivity index (χ1v) is 7.82. The minimum atomic E-state index is -3.44. The summed E-state index contributed by atoms with van der Waals surface area (Å²) in [5, 5.41) is 5.95. The maximum Gasteiger partial charge on any atom is 0.250 e. The van der Waals surface area contributed by atoms with Gasteiger partial charge >= 0.3 is 0 Å². The van der Waals surface area contributed by atoms with Crippen LogP contribution >= 0.6 is 11.3 Å². The molecule has 0 saturated heterocycles. The minimum Gasteiger partial charge on any atom is -0.275 e. The van der Waals surface area contributed by atoms with Gasteiger partial charge in [0.15, 0.2) is 0 Å². The third-order valence-electron chi connectivity index (χ3n) is 2.61. The summed E-state index contributed by atoms with van der Waals surface area (Å²) in [6.07, 6.45) is 1.83. The van der Waals surface area contributed by atoms with E-state index in [1.807, 2.05) is 27.1 Å². The van der Waals surface area contributed by atoms with Gasteiger partial charge in [0.1, 0.15) is 4.21 Å². The molecule has 0 aliphatic rings. The normalized spacial score (nSPS) is 13.7. The molecule has 18 heavy (non-hydrogen) atoms. The van der Waals surface area contributed by atoms with Gasteiger partial charge in [-0.2, -0.15) is 5.10 Å². The van der Waals surface area contributed by atoms with E-state index in [9.17, 15) is 8.42 Å². The lowest BCUT2D eigenvalue weighted by Crippen LogP contribution is -2.26. The van der Waals surface area contributed by atoms with Crippen molar-refractivity contribution in [2.75, 3.05) is 0 Å². The highest BCUT2D eigenvalue weighted by Crippen LogP contribution is 2.21. The molecule has 0 aliphatic heterocycles. The molecule has 1 atom stereocenters. The molecule has 2 aromatic rings. The zero-order chi connectivity index (χ0) is 13.3. The molecule has 2 heterocycles. The Morgan fingerprint density at radius 3 is 2.72 bits per heavy atom. The summed E-state index contributed by atoms with van der Waals surface area (Å²) in [5.41, 5.74) is 1.72. The van der Waals surface area contributed by atoms with Gasteiger partial charge in [-0.25, -0.2) is 13.1 Å². The predicted octanol–water partition coefficient (Wildman–Crippen LogP) is 1.83. The number of nitrogens with one attached hydrogen (secondary N) is 1. The van der Waals surface area contributed by atoms with Crippen molar-refractivity contribution < 1.29 is 8.42 Å². The first-order valence-electron chi connectivity index (χ1n) is 5.46. The van der Waals surface area contributed by atoms with Crippen LogP contribution in [0, 0.1) is 6.92 Å². The molecule has 7 heteroatoms. The summed E-state index contributed by atoms with van der Waals surface area (Å²) in [6.45, 7) is 3.68. The molecule has 0 aromatic carbocycles. The quantitative estimate of drug-likeness (QED) is 0.932. The molecular weight excluding hydrogens is 270 g/mol. The maximum atomic E-state index is 12.1. The second kappa shape index (κ2) is 4.83. The Kier molecular flexibility index (Phi) is 3.56. The average Bonchev–Trinajstić information content (AvgIpc) is 2.86. The molecule has 0 amide bonds. The fraction of sp³-hybridized carbons (Fsp3) is 0.364. The molecule has 2 rings (SSSR count). The van der Waals surface area contributed by atoms with Gasteiger partial charge < -0.3 is 0 Å². The van der Waals surface area contributed by atoms with Crippen LogP contribution in [0.1, 0.15) is 24.2 Å². The maximum absolute atomic E-state index is 12.1. The second-order valence-electron chi connectivity index (χ2n) is 4.12. The van der Waals surface area contributed by atoms with Crippen LogP contribution < -0.4 is 4.72 Å². The molecule has 0 bridgehead atoms. The molecule has 2 aromatic heterocycles. The summed E-state index contributed by atoms with van der Waals surface area (Å²) in [4.78, 5) is 0. The molecule has 98 valence electrons. The molecule has 5 nitrogen and oxygen atoms in total. The van der Waals surface area contributed by atoms with Crippen molar-refractivity contribution in [3.05, 3.63) is 35.0 Å². The van der Waals surface area contributed by atoms with Crippen LogP contribution in [0.2, 0.25) is 0 Å².